The van der Waals surface area contributed by atoms with Gasteiger partial charge in [0.15, 0.2) is 23.3 Å². The maximum Gasteiger partial charge on any atom is 0.200 e. The summed E-state index contributed by atoms with van der Waals surface area (Å²) in [5.74, 6) is -10.2. The molecule has 0 unspecified atom stereocenters. The molecule has 21 heavy (non-hydrogen) atoms. The first-order valence-electron chi connectivity index (χ1n) is 5.99. The third-order valence-electron chi connectivity index (χ3n) is 2.71. The van der Waals surface area contributed by atoms with Gasteiger partial charge in [-0.3, -0.25) is 0 Å². The fraction of sp³-hybridized carbons (Fsp3) is 0.333. The second kappa shape index (κ2) is 5.76. The van der Waals surface area contributed by atoms with Crippen LogP contribution in [0.2, 0.25) is 0 Å². The van der Waals surface area contributed by atoms with E-state index in [0.29, 0.717) is 4.68 Å². The highest BCUT2D eigenvalue weighted by Gasteiger charge is 2.28. The van der Waals surface area contributed by atoms with Gasteiger partial charge in [0.1, 0.15) is 5.69 Å². The molecular formula is C12H11F5N4. The lowest BCUT2D eigenvalue weighted by atomic mass is 10.2. The Morgan fingerprint density at radius 1 is 1.00 bits per heavy atom. The van der Waals surface area contributed by atoms with E-state index < -0.39 is 34.8 Å². The number of rotatable bonds is 4. The Balaban J connectivity index is 2.56. The van der Waals surface area contributed by atoms with Crippen LogP contribution >= 0.6 is 0 Å². The SMILES string of the molecule is CC(C)NCc1cnnn1-c1c(F)c(F)c(F)c(F)c1F. The second-order valence-corrected chi connectivity index (χ2v) is 4.59. The first-order valence-corrected chi connectivity index (χ1v) is 5.99. The van der Waals surface area contributed by atoms with Crippen LogP contribution in [0.25, 0.3) is 5.69 Å². The maximum atomic E-state index is 13.7. The largest absolute Gasteiger partial charge is 0.309 e. The van der Waals surface area contributed by atoms with E-state index in [1.807, 2.05) is 13.8 Å². The molecule has 2 rings (SSSR count). The molecule has 0 aliphatic carbocycles. The first kappa shape index (κ1) is 15.4. The number of hydrogen-bond acceptors (Lipinski definition) is 3. The summed E-state index contributed by atoms with van der Waals surface area (Å²) >= 11 is 0. The lowest BCUT2D eigenvalue weighted by Gasteiger charge is -2.12. The molecular weight excluding hydrogens is 295 g/mol. The highest BCUT2D eigenvalue weighted by Crippen LogP contribution is 2.26. The van der Waals surface area contributed by atoms with Gasteiger partial charge in [0, 0.05) is 12.6 Å². The minimum absolute atomic E-state index is 0.0460. The normalized spacial score (nSPS) is 11.4. The molecule has 0 bridgehead atoms. The molecule has 2 aromatic rings. The summed E-state index contributed by atoms with van der Waals surface area (Å²) < 4.78 is 67.4. The summed E-state index contributed by atoms with van der Waals surface area (Å²) in [5.41, 5.74) is -0.989. The van der Waals surface area contributed by atoms with Crippen LogP contribution in [-0.2, 0) is 6.54 Å². The van der Waals surface area contributed by atoms with E-state index in [4.69, 9.17) is 0 Å². The number of benzene rings is 1. The van der Waals surface area contributed by atoms with Crippen molar-refractivity contribution in [2.45, 2.75) is 26.4 Å². The van der Waals surface area contributed by atoms with Crippen LogP contribution in [0.1, 0.15) is 19.5 Å². The summed E-state index contributed by atoms with van der Waals surface area (Å²) in [6.45, 7) is 3.75. The molecule has 0 aliphatic rings. The Labute approximate surface area is 116 Å². The van der Waals surface area contributed by atoms with Crippen LogP contribution in [0.4, 0.5) is 22.0 Å². The van der Waals surface area contributed by atoms with Crippen molar-refractivity contribution in [1.82, 2.24) is 20.3 Å². The van der Waals surface area contributed by atoms with Gasteiger partial charge in [-0.05, 0) is 0 Å². The topological polar surface area (TPSA) is 42.7 Å². The Morgan fingerprint density at radius 2 is 1.52 bits per heavy atom. The molecule has 1 heterocycles. The number of nitrogens with one attached hydrogen (secondary N) is 1. The molecule has 1 aromatic heterocycles. The third kappa shape index (κ3) is 2.73. The Kier molecular flexibility index (Phi) is 4.21. The highest BCUT2D eigenvalue weighted by atomic mass is 19.2. The van der Waals surface area contributed by atoms with E-state index in [9.17, 15) is 22.0 Å². The van der Waals surface area contributed by atoms with Crippen LogP contribution < -0.4 is 5.32 Å². The van der Waals surface area contributed by atoms with Crippen molar-refractivity contribution in [3.05, 3.63) is 41.0 Å². The molecule has 0 spiro atoms. The van der Waals surface area contributed by atoms with E-state index in [2.05, 4.69) is 15.6 Å². The van der Waals surface area contributed by atoms with Gasteiger partial charge in [0.2, 0.25) is 5.82 Å². The number of aromatic nitrogens is 3. The van der Waals surface area contributed by atoms with E-state index in [1.54, 1.807) is 0 Å². The van der Waals surface area contributed by atoms with Crippen molar-refractivity contribution in [1.29, 1.82) is 0 Å². The maximum absolute atomic E-state index is 13.7. The van der Waals surface area contributed by atoms with Gasteiger partial charge in [0.05, 0.1) is 11.9 Å². The molecule has 0 aliphatic heterocycles. The average Bonchev–Trinajstić information content (AvgIpc) is 2.89. The highest BCUT2D eigenvalue weighted by molar-refractivity contribution is 5.37. The van der Waals surface area contributed by atoms with Gasteiger partial charge in [-0.2, -0.15) is 0 Å². The Bertz CT molecular complexity index is 639. The molecule has 1 N–H and O–H groups in total. The zero-order chi connectivity index (χ0) is 15.7. The average molecular weight is 306 g/mol. The molecule has 1 aromatic carbocycles. The van der Waals surface area contributed by atoms with Gasteiger partial charge in [-0.1, -0.05) is 19.1 Å². The van der Waals surface area contributed by atoms with Crippen molar-refractivity contribution >= 4 is 0 Å². The first-order chi connectivity index (χ1) is 9.84. The van der Waals surface area contributed by atoms with E-state index >= 15 is 0 Å². The Hall–Kier alpha value is -2.03. The van der Waals surface area contributed by atoms with Gasteiger partial charge in [0.25, 0.3) is 0 Å². The van der Waals surface area contributed by atoms with Crippen LogP contribution in [0.15, 0.2) is 6.20 Å². The molecule has 4 nitrogen and oxygen atoms in total. The van der Waals surface area contributed by atoms with Crippen LogP contribution in [0, 0.1) is 29.1 Å². The van der Waals surface area contributed by atoms with Crippen molar-refractivity contribution < 1.29 is 22.0 Å². The predicted octanol–water partition coefficient (Wildman–Crippen LogP) is 2.46. The van der Waals surface area contributed by atoms with Crippen molar-refractivity contribution in [3.63, 3.8) is 0 Å². The monoisotopic (exact) mass is 306 g/mol. The van der Waals surface area contributed by atoms with Gasteiger partial charge < -0.3 is 5.32 Å². The van der Waals surface area contributed by atoms with Crippen LogP contribution in [0.3, 0.4) is 0 Å². The van der Waals surface area contributed by atoms with Crippen LogP contribution in [-0.4, -0.2) is 21.0 Å². The smallest absolute Gasteiger partial charge is 0.200 e. The molecule has 9 heteroatoms. The van der Waals surface area contributed by atoms with Gasteiger partial charge in [-0.25, -0.2) is 26.6 Å². The summed E-state index contributed by atoms with van der Waals surface area (Å²) in [7, 11) is 0. The van der Waals surface area contributed by atoms with E-state index in [1.165, 1.54) is 6.20 Å². The van der Waals surface area contributed by atoms with Crippen molar-refractivity contribution in [2.75, 3.05) is 0 Å². The minimum Gasteiger partial charge on any atom is -0.309 e. The molecule has 0 fully saturated rings. The molecule has 0 atom stereocenters. The van der Waals surface area contributed by atoms with Crippen LogP contribution in [0.5, 0.6) is 0 Å². The third-order valence-corrected chi connectivity index (χ3v) is 2.71. The van der Waals surface area contributed by atoms with Crippen molar-refractivity contribution in [3.8, 4) is 5.69 Å². The number of nitrogens with zero attached hydrogens (tertiary/aromatic N) is 3. The zero-order valence-corrected chi connectivity index (χ0v) is 11.1. The van der Waals surface area contributed by atoms with Gasteiger partial charge >= 0.3 is 0 Å². The lowest BCUT2D eigenvalue weighted by molar-refractivity contribution is 0.372. The van der Waals surface area contributed by atoms with E-state index in [-0.39, 0.29) is 18.3 Å². The van der Waals surface area contributed by atoms with Crippen molar-refractivity contribution in [2.24, 2.45) is 0 Å². The molecule has 0 saturated carbocycles. The summed E-state index contributed by atoms with van der Waals surface area (Å²) in [5, 5.41) is 9.76. The number of halogens is 5. The summed E-state index contributed by atoms with van der Waals surface area (Å²) in [6, 6.07) is 0.0460. The summed E-state index contributed by atoms with van der Waals surface area (Å²) in [4.78, 5) is 0. The molecule has 0 radical (unpaired) electrons. The van der Waals surface area contributed by atoms with Gasteiger partial charge in [-0.15, -0.1) is 5.10 Å². The fourth-order valence-corrected chi connectivity index (χ4v) is 1.65. The minimum atomic E-state index is -2.21. The van der Waals surface area contributed by atoms with E-state index in [0.717, 1.165) is 0 Å². The number of hydrogen-bond donors (Lipinski definition) is 1. The lowest BCUT2D eigenvalue weighted by Crippen LogP contribution is -2.24. The standard InChI is InChI=1S/C12H11F5N4/c1-5(2)18-3-6-4-19-20-21(6)12-10(16)8(14)7(13)9(15)11(12)17/h4-5,18H,3H2,1-2H3. The molecule has 114 valence electrons. The predicted molar refractivity (Wildman–Crippen MR) is 63.1 cm³/mol. The molecule has 0 saturated heterocycles. The molecule has 0 amide bonds. The Morgan fingerprint density at radius 3 is 2.05 bits per heavy atom. The second-order valence-electron chi connectivity index (χ2n) is 4.59. The quantitative estimate of drug-likeness (QED) is 0.536. The fourth-order valence-electron chi connectivity index (χ4n) is 1.65. The zero-order valence-electron chi connectivity index (χ0n) is 11.1. The summed E-state index contributed by atoms with van der Waals surface area (Å²) in [6.07, 6.45) is 1.17.